The molecular formula is C15H20F3N3O3S. The Balaban J connectivity index is 2.09. The van der Waals surface area contributed by atoms with Gasteiger partial charge in [-0.05, 0) is 37.1 Å². The van der Waals surface area contributed by atoms with Gasteiger partial charge in [0.15, 0.2) is 0 Å². The first-order valence-electron chi connectivity index (χ1n) is 7.76. The SMILES string of the molecule is NCC1(NS(=O)(=O)c2ccc(C(=O)NCC(F)(F)F)cc2)CCCC1. The Kier molecular flexibility index (Phi) is 5.75. The molecule has 1 fully saturated rings. The molecule has 0 aromatic heterocycles. The van der Waals surface area contributed by atoms with Crippen LogP contribution in [0.5, 0.6) is 0 Å². The summed E-state index contributed by atoms with van der Waals surface area (Å²) in [6.07, 6.45) is -1.43. The summed E-state index contributed by atoms with van der Waals surface area (Å²) in [7, 11) is -3.83. The van der Waals surface area contributed by atoms with E-state index in [1.165, 1.54) is 24.3 Å². The highest BCUT2D eigenvalue weighted by Crippen LogP contribution is 2.30. The lowest BCUT2D eigenvalue weighted by Gasteiger charge is -2.28. The summed E-state index contributed by atoms with van der Waals surface area (Å²) in [6.45, 7) is -1.27. The molecule has 1 aliphatic carbocycles. The molecule has 1 saturated carbocycles. The second-order valence-electron chi connectivity index (χ2n) is 6.12. The number of rotatable bonds is 6. The summed E-state index contributed by atoms with van der Waals surface area (Å²) < 4.78 is 63.9. The number of sulfonamides is 1. The molecule has 0 saturated heterocycles. The highest BCUT2D eigenvalue weighted by Gasteiger charge is 2.36. The fourth-order valence-electron chi connectivity index (χ4n) is 2.81. The molecule has 0 heterocycles. The Hall–Kier alpha value is -1.65. The number of amides is 1. The lowest BCUT2D eigenvalue weighted by atomic mass is 10.0. The highest BCUT2D eigenvalue weighted by atomic mass is 32.2. The van der Waals surface area contributed by atoms with E-state index in [1.54, 1.807) is 5.32 Å². The number of carbonyl (C=O) groups excluding carboxylic acids is 1. The maximum Gasteiger partial charge on any atom is 0.405 e. The van der Waals surface area contributed by atoms with Crippen LogP contribution in [0.1, 0.15) is 36.0 Å². The van der Waals surface area contributed by atoms with Gasteiger partial charge in [-0.1, -0.05) is 12.8 Å². The van der Waals surface area contributed by atoms with E-state index >= 15 is 0 Å². The van der Waals surface area contributed by atoms with Gasteiger partial charge in [0.05, 0.1) is 4.90 Å². The van der Waals surface area contributed by atoms with E-state index in [1.807, 2.05) is 0 Å². The molecule has 10 heteroatoms. The van der Waals surface area contributed by atoms with Crippen molar-refractivity contribution in [2.75, 3.05) is 13.1 Å². The normalized spacial score (nSPS) is 17.4. The largest absolute Gasteiger partial charge is 0.405 e. The van der Waals surface area contributed by atoms with Crippen molar-refractivity contribution in [2.24, 2.45) is 5.73 Å². The zero-order valence-corrected chi connectivity index (χ0v) is 14.2. The van der Waals surface area contributed by atoms with Crippen molar-refractivity contribution in [1.82, 2.24) is 10.0 Å². The van der Waals surface area contributed by atoms with Gasteiger partial charge in [0.25, 0.3) is 5.91 Å². The third-order valence-electron chi connectivity index (χ3n) is 4.18. The van der Waals surface area contributed by atoms with Crippen LogP contribution < -0.4 is 15.8 Å². The van der Waals surface area contributed by atoms with Crippen LogP contribution in [0.3, 0.4) is 0 Å². The lowest BCUT2D eigenvalue weighted by molar-refractivity contribution is -0.123. The van der Waals surface area contributed by atoms with Crippen LogP contribution in [-0.4, -0.2) is 39.1 Å². The molecule has 1 amide bonds. The molecule has 0 radical (unpaired) electrons. The summed E-state index contributed by atoms with van der Waals surface area (Å²) >= 11 is 0. The molecule has 0 aliphatic heterocycles. The van der Waals surface area contributed by atoms with Gasteiger partial charge in [-0.25, -0.2) is 13.1 Å². The van der Waals surface area contributed by atoms with Crippen molar-refractivity contribution in [2.45, 2.75) is 42.3 Å². The monoisotopic (exact) mass is 379 g/mol. The number of halogens is 3. The van der Waals surface area contributed by atoms with Crippen LogP contribution in [0.2, 0.25) is 0 Å². The minimum absolute atomic E-state index is 0.0578. The Bertz CT molecular complexity index is 712. The van der Waals surface area contributed by atoms with Gasteiger partial charge in [0.1, 0.15) is 6.54 Å². The molecule has 0 atom stereocenters. The molecule has 6 nitrogen and oxygen atoms in total. The molecule has 0 spiro atoms. The van der Waals surface area contributed by atoms with E-state index < -0.39 is 34.2 Å². The standard InChI is InChI=1S/C15H20F3N3O3S/c16-15(17,18)10-20-13(22)11-3-5-12(6-4-11)25(23,24)21-14(9-19)7-1-2-8-14/h3-6,21H,1-2,7-10,19H2,(H,20,22). The smallest absolute Gasteiger partial charge is 0.343 e. The van der Waals surface area contributed by atoms with Crippen LogP contribution in [-0.2, 0) is 10.0 Å². The quantitative estimate of drug-likeness (QED) is 0.698. The van der Waals surface area contributed by atoms with E-state index in [4.69, 9.17) is 5.73 Å². The fraction of sp³-hybridized carbons (Fsp3) is 0.533. The molecule has 4 N–H and O–H groups in total. The van der Waals surface area contributed by atoms with Crippen molar-refractivity contribution in [3.63, 3.8) is 0 Å². The number of hydrogen-bond acceptors (Lipinski definition) is 4. The zero-order chi connectivity index (χ0) is 18.7. The van der Waals surface area contributed by atoms with E-state index in [0.717, 1.165) is 12.8 Å². The Morgan fingerprint density at radius 3 is 2.20 bits per heavy atom. The predicted octanol–water partition coefficient (Wildman–Crippen LogP) is 1.53. The third kappa shape index (κ3) is 5.16. The molecule has 0 bridgehead atoms. The number of nitrogens with one attached hydrogen (secondary N) is 2. The number of nitrogens with two attached hydrogens (primary N) is 1. The van der Waals surface area contributed by atoms with Crippen molar-refractivity contribution in [3.8, 4) is 0 Å². The van der Waals surface area contributed by atoms with Crippen molar-refractivity contribution in [3.05, 3.63) is 29.8 Å². The predicted molar refractivity (Wildman–Crippen MR) is 85.4 cm³/mol. The first kappa shape index (κ1) is 19.7. The van der Waals surface area contributed by atoms with Crippen LogP contribution in [0, 0.1) is 0 Å². The van der Waals surface area contributed by atoms with Crippen LogP contribution >= 0.6 is 0 Å². The average molecular weight is 379 g/mol. The first-order valence-corrected chi connectivity index (χ1v) is 9.24. The van der Waals surface area contributed by atoms with Gasteiger partial charge in [0, 0.05) is 17.6 Å². The van der Waals surface area contributed by atoms with E-state index in [9.17, 15) is 26.4 Å². The first-order chi connectivity index (χ1) is 11.6. The average Bonchev–Trinajstić information content (AvgIpc) is 3.00. The number of alkyl halides is 3. The van der Waals surface area contributed by atoms with Gasteiger partial charge >= 0.3 is 6.18 Å². The number of carbonyl (C=O) groups is 1. The molecular weight excluding hydrogens is 359 g/mol. The number of benzene rings is 1. The minimum Gasteiger partial charge on any atom is -0.343 e. The highest BCUT2D eigenvalue weighted by molar-refractivity contribution is 7.89. The molecule has 0 unspecified atom stereocenters. The summed E-state index contributed by atoms with van der Waals surface area (Å²) in [4.78, 5) is 11.6. The second kappa shape index (κ2) is 7.30. The van der Waals surface area contributed by atoms with Gasteiger partial charge in [-0.2, -0.15) is 13.2 Å². The maximum atomic E-state index is 12.5. The van der Waals surface area contributed by atoms with E-state index in [-0.39, 0.29) is 17.0 Å². The zero-order valence-electron chi connectivity index (χ0n) is 13.4. The van der Waals surface area contributed by atoms with Crippen molar-refractivity contribution >= 4 is 15.9 Å². The molecule has 1 aromatic carbocycles. The van der Waals surface area contributed by atoms with Crippen LogP contribution in [0.4, 0.5) is 13.2 Å². The topological polar surface area (TPSA) is 101 Å². The minimum atomic E-state index is -4.51. The third-order valence-corrected chi connectivity index (χ3v) is 5.77. The van der Waals surface area contributed by atoms with Crippen molar-refractivity contribution in [1.29, 1.82) is 0 Å². The summed E-state index contributed by atoms with van der Waals surface area (Å²) in [5.41, 5.74) is 4.99. The Labute approximate surface area is 144 Å². The summed E-state index contributed by atoms with van der Waals surface area (Å²) in [5.74, 6) is -0.927. The van der Waals surface area contributed by atoms with Gasteiger partial charge in [-0.3, -0.25) is 4.79 Å². The van der Waals surface area contributed by atoms with Gasteiger partial charge in [0.2, 0.25) is 10.0 Å². The molecule has 1 aromatic rings. The van der Waals surface area contributed by atoms with E-state index in [2.05, 4.69) is 4.72 Å². The summed E-state index contributed by atoms with van der Waals surface area (Å²) in [5, 5.41) is 1.73. The van der Waals surface area contributed by atoms with E-state index in [0.29, 0.717) is 12.8 Å². The van der Waals surface area contributed by atoms with Gasteiger partial charge in [-0.15, -0.1) is 0 Å². The second-order valence-corrected chi connectivity index (χ2v) is 7.80. The van der Waals surface area contributed by atoms with Crippen LogP contribution in [0.25, 0.3) is 0 Å². The van der Waals surface area contributed by atoms with Gasteiger partial charge < -0.3 is 11.1 Å². The maximum absolute atomic E-state index is 12.5. The fourth-order valence-corrected chi connectivity index (χ4v) is 4.28. The summed E-state index contributed by atoms with van der Waals surface area (Å²) in [6, 6.07) is 4.71. The molecule has 25 heavy (non-hydrogen) atoms. The molecule has 1 aliphatic rings. The Morgan fingerprint density at radius 2 is 1.72 bits per heavy atom. The van der Waals surface area contributed by atoms with Crippen LogP contribution in [0.15, 0.2) is 29.2 Å². The number of hydrogen-bond donors (Lipinski definition) is 3. The van der Waals surface area contributed by atoms with Crippen molar-refractivity contribution < 1.29 is 26.4 Å². The Morgan fingerprint density at radius 1 is 1.16 bits per heavy atom. The lowest BCUT2D eigenvalue weighted by Crippen LogP contribution is -2.51. The molecule has 2 rings (SSSR count). The molecule has 140 valence electrons.